The summed E-state index contributed by atoms with van der Waals surface area (Å²) in [5.74, 6) is 1.64. The van der Waals surface area contributed by atoms with Crippen LogP contribution in [0.2, 0.25) is 0 Å². The summed E-state index contributed by atoms with van der Waals surface area (Å²) in [4.78, 5) is 12.2. The number of carbonyl (C=O) groups is 1. The molecule has 23 heavy (non-hydrogen) atoms. The van der Waals surface area contributed by atoms with Gasteiger partial charge in [0, 0.05) is 6.42 Å². The van der Waals surface area contributed by atoms with Gasteiger partial charge in [-0.1, -0.05) is 13.8 Å². The van der Waals surface area contributed by atoms with Crippen LogP contribution in [0.3, 0.4) is 0 Å². The predicted octanol–water partition coefficient (Wildman–Crippen LogP) is 3.08. The molecule has 0 saturated carbocycles. The molecule has 0 aliphatic rings. The van der Waals surface area contributed by atoms with Gasteiger partial charge in [0.05, 0.1) is 20.3 Å². The smallest absolute Gasteiger partial charge is 0.221 e. The van der Waals surface area contributed by atoms with Crippen LogP contribution in [-0.2, 0) is 11.2 Å². The first kappa shape index (κ1) is 18.8. The Morgan fingerprint density at radius 1 is 1.35 bits per heavy atom. The van der Waals surface area contributed by atoms with E-state index in [1.807, 2.05) is 32.0 Å². The molecule has 0 radical (unpaired) electrons. The maximum atomic E-state index is 12.2. The molecular formula is C18H26N2O3. The Kier molecular flexibility index (Phi) is 6.89. The quantitative estimate of drug-likeness (QED) is 0.799. The van der Waals surface area contributed by atoms with Crippen molar-refractivity contribution in [3.8, 4) is 17.6 Å². The molecule has 0 heterocycles. The number of nitrogens with zero attached hydrogens (tertiary/aromatic N) is 1. The van der Waals surface area contributed by atoms with E-state index >= 15 is 0 Å². The first-order valence-corrected chi connectivity index (χ1v) is 7.76. The van der Waals surface area contributed by atoms with Crippen LogP contribution in [0.15, 0.2) is 18.2 Å². The molecule has 126 valence electrons. The Morgan fingerprint density at radius 2 is 2.04 bits per heavy atom. The van der Waals surface area contributed by atoms with Gasteiger partial charge in [-0.05, 0) is 49.4 Å². The summed E-state index contributed by atoms with van der Waals surface area (Å²) in [5, 5.41) is 12.2. The molecule has 0 fully saturated rings. The van der Waals surface area contributed by atoms with Crippen molar-refractivity contribution in [1.82, 2.24) is 5.32 Å². The molecule has 5 heteroatoms. The highest BCUT2D eigenvalue weighted by Gasteiger charge is 2.27. The molecular weight excluding hydrogens is 292 g/mol. The van der Waals surface area contributed by atoms with E-state index in [2.05, 4.69) is 11.4 Å². The van der Waals surface area contributed by atoms with Crippen molar-refractivity contribution >= 4 is 5.91 Å². The third kappa shape index (κ3) is 5.82. The van der Waals surface area contributed by atoms with Crippen molar-refractivity contribution in [2.45, 2.75) is 45.6 Å². The molecule has 1 aromatic carbocycles. The molecule has 0 saturated heterocycles. The molecule has 1 atom stereocenters. The highest BCUT2D eigenvalue weighted by Crippen LogP contribution is 2.25. The summed E-state index contributed by atoms with van der Waals surface area (Å²) in [6.07, 6.45) is 1.44. The molecule has 1 unspecified atom stereocenters. The van der Waals surface area contributed by atoms with E-state index in [9.17, 15) is 10.1 Å². The standard InChI is InChI=1S/C18H26N2O3/c1-13(2)11-18(3,12-19)20-17(21)9-6-14-10-15(22-4)7-8-16(14)23-5/h7-8,10,13H,6,9,11H2,1-5H3,(H,20,21). The van der Waals surface area contributed by atoms with Crippen LogP contribution in [0.25, 0.3) is 0 Å². The number of hydrogen-bond acceptors (Lipinski definition) is 4. The Labute approximate surface area is 138 Å². The van der Waals surface area contributed by atoms with Gasteiger partial charge < -0.3 is 14.8 Å². The second-order valence-electron chi connectivity index (χ2n) is 6.27. The van der Waals surface area contributed by atoms with Crippen LogP contribution in [0.1, 0.15) is 39.2 Å². The molecule has 0 bridgehead atoms. The summed E-state index contributed by atoms with van der Waals surface area (Å²) >= 11 is 0. The summed E-state index contributed by atoms with van der Waals surface area (Å²) in [6, 6.07) is 7.71. The number of aryl methyl sites for hydroxylation is 1. The van der Waals surface area contributed by atoms with Gasteiger partial charge in [0.1, 0.15) is 17.0 Å². The molecule has 1 amide bonds. The van der Waals surface area contributed by atoms with Crippen LogP contribution in [0.5, 0.6) is 11.5 Å². The van der Waals surface area contributed by atoms with Crippen LogP contribution < -0.4 is 14.8 Å². The number of ether oxygens (including phenoxy) is 2. The zero-order valence-electron chi connectivity index (χ0n) is 14.6. The normalized spacial score (nSPS) is 13.1. The minimum absolute atomic E-state index is 0.139. The minimum Gasteiger partial charge on any atom is -0.497 e. The molecule has 5 nitrogen and oxygen atoms in total. The van der Waals surface area contributed by atoms with E-state index in [4.69, 9.17) is 9.47 Å². The van der Waals surface area contributed by atoms with Gasteiger partial charge in [-0.2, -0.15) is 5.26 Å². The van der Waals surface area contributed by atoms with Gasteiger partial charge in [-0.25, -0.2) is 0 Å². The maximum absolute atomic E-state index is 12.2. The Morgan fingerprint density at radius 3 is 2.57 bits per heavy atom. The number of methoxy groups -OCH3 is 2. The van der Waals surface area contributed by atoms with Gasteiger partial charge in [-0.3, -0.25) is 4.79 Å². The molecule has 0 spiro atoms. The molecule has 1 N–H and O–H groups in total. The Balaban J connectivity index is 2.71. The Hall–Kier alpha value is -2.22. The predicted molar refractivity (Wildman–Crippen MR) is 89.5 cm³/mol. The fraction of sp³-hybridized carbons (Fsp3) is 0.556. The summed E-state index contributed by atoms with van der Waals surface area (Å²) in [7, 11) is 3.20. The highest BCUT2D eigenvalue weighted by atomic mass is 16.5. The van der Waals surface area contributed by atoms with Crippen molar-refractivity contribution in [1.29, 1.82) is 5.26 Å². The Bertz CT molecular complexity index is 578. The monoisotopic (exact) mass is 318 g/mol. The molecule has 0 aromatic heterocycles. The van der Waals surface area contributed by atoms with Gasteiger partial charge in [0.25, 0.3) is 0 Å². The first-order chi connectivity index (χ1) is 10.8. The van der Waals surface area contributed by atoms with Crippen molar-refractivity contribution in [2.24, 2.45) is 5.92 Å². The van der Waals surface area contributed by atoms with Crippen LogP contribution in [0, 0.1) is 17.2 Å². The van der Waals surface area contributed by atoms with Gasteiger partial charge in [-0.15, -0.1) is 0 Å². The van der Waals surface area contributed by atoms with E-state index in [1.165, 1.54) is 0 Å². The largest absolute Gasteiger partial charge is 0.497 e. The SMILES string of the molecule is COc1ccc(OC)c(CCC(=O)NC(C)(C#N)CC(C)C)c1. The number of amides is 1. The first-order valence-electron chi connectivity index (χ1n) is 7.76. The van der Waals surface area contributed by atoms with E-state index in [0.29, 0.717) is 25.2 Å². The second-order valence-corrected chi connectivity index (χ2v) is 6.27. The van der Waals surface area contributed by atoms with Gasteiger partial charge in [0.2, 0.25) is 5.91 Å². The third-order valence-corrected chi connectivity index (χ3v) is 3.59. The van der Waals surface area contributed by atoms with Gasteiger partial charge >= 0.3 is 0 Å². The molecule has 0 aliphatic carbocycles. The van der Waals surface area contributed by atoms with Crippen molar-refractivity contribution < 1.29 is 14.3 Å². The molecule has 1 aromatic rings. The van der Waals surface area contributed by atoms with E-state index < -0.39 is 5.54 Å². The zero-order valence-corrected chi connectivity index (χ0v) is 14.6. The number of nitrogens with one attached hydrogen (secondary N) is 1. The van der Waals surface area contributed by atoms with Crippen molar-refractivity contribution in [3.05, 3.63) is 23.8 Å². The summed E-state index contributed by atoms with van der Waals surface area (Å²) in [5.41, 5.74) is 0.0773. The second kappa shape index (κ2) is 8.42. The number of benzene rings is 1. The van der Waals surface area contributed by atoms with E-state index in [1.54, 1.807) is 21.1 Å². The van der Waals surface area contributed by atoms with Crippen molar-refractivity contribution in [2.75, 3.05) is 14.2 Å². The number of carbonyl (C=O) groups excluding carboxylic acids is 1. The lowest BCUT2D eigenvalue weighted by Crippen LogP contribution is -2.45. The minimum atomic E-state index is -0.830. The number of hydrogen-bond donors (Lipinski definition) is 1. The summed E-state index contributed by atoms with van der Waals surface area (Å²) < 4.78 is 10.5. The number of nitriles is 1. The van der Waals surface area contributed by atoms with Crippen molar-refractivity contribution in [3.63, 3.8) is 0 Å². The summed E-state index contributed by atoms with van der Waals surface area (Å²) in [6.45, 7) is 5.82. The fourth-order valence-electron chi connectivity index (χ4n) is 2.64. The lowest BCUT2D eigenvalue weighted by molar-refractivity contribution is -0.122. The highest BCUT2D eigenvalue weighted by molar-refractivity contribution is 5.77. The van der Waals surface area contributed by atoms with Gasteiger partial charge in [0.15, 0.2) is 0 Å². The number of rotatable bonds is 8. The maximum Gasteiger partial charge on any atom is 0.221 e. The topological polar surface area (TPSA) is 71.3 Å². The van der Waals surface area contributed by atoms with E-state index in [-0.39, 0.29) is 5.91 Å². The lowest BCUT2D eigenvalue weighted by atomic mass is 9.92. The molecule has 0 aliphatic heterocycles. The average molecular weight is 318 g/mol. The molecule has 1 rings (SSSR count). The fourth-order valence-corrected chi connectivity index (χ4v) is 2.64. The van der Waals surface area contributed by atoms with Crippen LogP contribution >= 0.6 is 0 Å². The van der Waals surface area contributed by atoms with Crippen LogP contribution in [0.4, 0.5) is 0 Å². The third-order valence-electron chi connectivity index (χ3n) is 3.59. The lowest BCUT2D eigenvalue weighted by Gasteiger charge is -2.25. The zero-order chi connectivity index (χ0) is 17.5. The van der Waals surface area contributed by atoms with E-state index in [0.717, 1.165) is 17.1 Å². The van der Waals surface area contributed by atoms with Crippen LogP contribution in [-0.4, -0.2) is 25.7 Å². The average Bonchev–Trinajstić information content (AvgIpc) is 2.51.